The molecular weight excluding hydrogens is 781 g/mol. The van der Waals surface area contributed by atoms with Crippen molar-refractivity contribution >= 4 is 17.1 Å². The first-order valence-electron chi connectivity index (χ1n) is 20.5. The number of hydrogen-bond donors (Lipinski definition) is 2. The van der Waals surface area contributed by atoms with Gasteiger partial charge in [-0.15, -0.1) is 0 Å². The lowest BCUT2D eigenvalue weighted by atomic mass is 9.78. The fraction of sp³-hybridized carbons (Fsp3) is 0.196. The summed E-state index contributed by atoms with van der Waals surface area (Å²) < 4.78 is 40.6. The number of rotatable bonds is 19. The molecule has 62 heavy (non-hydrogen) atoms. The van der Waals surface area contributed by atoms with Crippen LogP contribution in [0.3, 0.4) is 0 Å². The lowest BCUT2D eigenvalue weighted by Gasteiger charge is -2.37. The van der Waals surface area contributed by atoms with Crippen LogP contribution in [0.25, 0.3) is 11.2 Å². The van der Waals surface area contributed by atoms with E-state index < -0.39 is 29.5 Å². The van der Waals surface area contributed by atoms with E-state index in [4.69, 9.17) is 23.9 Å². The van der Waals surface area contributed by atoms with Gasteiger partial charge in [-0.2, -0.15) is 4.98 Å². The molecule has 11 heteroatoms. The maximum absolute atomic E-state index is 15.0. The Balaban J connectivity index is 1.09. The van der Waals surface area contributed by atoms with Crippen molar-refractivity contribution in [3.63, 3.8) is 0 Å². The molecule has 0 aliphatic heterocycles. The largest absolute Gasteiger partial charge is 0.497 e. The van der Waals surface area contributed by atoms with E-state index in [2.05, 4.69) is 39.6 Å². The van der Waals surface area contributed by atoms with Crippen LogP contribution in [0.5, 0.6) is 11.5 Å². The molecule has 2 heterocycles. The molecule has 0 radical (unpaired) electrons. The van der Waals surface area contributed by atoms with E-state index >= 15 is 4.39 Å². The van der Waals surface area contributed by atoms with Gasteiger partial charge in [-0.1, -0.05) is 146 Å². The van der Waals surface area contributed by atoms with Gasteiger partial charge >= 0.3 is 0 Å². The van der Waals surface area contributed by atoms with Crippen LogP contribution in [-0.4, -0.2) is 53.1 Å². The summed E-state index contributed by atoms with van der Waals surface area (Å²) >= 11 is 0. The number of anilines is 1. The van der Waals surface area contributed by atoms with Crippen LogP contribution < -0.4 is 20.3 Å². The Morgan fingerprint density at radius 2 is 1.15 bits per heavy atom. The van der Waals surface area contributed by atoms with Crippen molar-refractivity contribution < 1.29 is 23.3 Å². The number of alkyl halides is 1. The van der Waals surface area contributed by atoms with E-state index in [9.17, 15) is 4.79 Å². The minimum atomic E-state index is -0.985. The standard InChI is InChI=1S/C51H48FN5O5/c1-59-43-27-23-37(24-28-43)31-50(39-15-7-3-8-16-39,40-17-9-4-10-18-40)56-49-54-47-46(48(58)55-49)53-35-57(47)36-61-45(33-52)34-62-51(41-19-11-5-12-20-41,42-21-13-6-14-22-42)32-38-25-29-44(60-2)30-26-38/h3-30,35,45H,31-34,36H2,1-2H3,(H2,54,55,56,58)/i52-1. The molecule has 0 saturated carbocycles. The molecule has 1 atom stereocenters. The van der Waals surface area contributed by atoms with Crippen molar-refractivity contribution in [2.45, 2.75) is 36.8 Å². The van der Waals surface area contributed by atoms with Crippen molar-refractivity contribution in [1.29, 1.82) is 0 Å². The molecule has 0 saturated heterocycles. The van der Waals surface area contributed by atoms with Crippen molar-refractivity contribution in [1.82, 2.24) is 19.5 Å². The second kappa shape index (κ2) is 19.1. The van der Waals surface area contributed by atoms with E-state index in [-0.39, 0.29) is 30.4 Å². The third kappa shape index (κ3) is 9.00. The molecule has 0 spiro atoms. The third-order valence-corrected chi connectivity index (χ3v) is 11.2. The Bertz CT molecular complexity index is 2620. The highest BCUT2D eigenvalue weighted by atomic mass is 18.2. The number of H-pyrrole nitrogens is 1. The molecule has 314 valence electrons. The molecule has 1 unspecified atom stereocenters. The lowest BCUT2D eigenvalue weighted by molar-refractivity contribution is -0.101. The average molecular weight is 829 g/mol. The maximum atomic E-state index is 15.0. The summed E-state index contributed by atoms with van der Waals surface area (Å²) in [4.78, 5) is 26.0. The van der Waals surface area contributed by atoms with Crippen molar-refractivity contribution in [3.05, 3.63) is 220 Å². The van der Waals surface area contributed by atoms with E-state index in [0.29, 0.717) is 12.8 Å². The molecule has 10 nitrogen and oxygen atoms in total. The number of methoxy groups -OCH3 is 2. The third-order valence-electron chi connectivity index (χ3n) is 11.2. The van der Waals surface area contributed by atoms with Crippen molar-refractivity contribution in [3.8, 4) is 11.5 Å². The van der Waals surface area contributed by atoms with Gasteiger partial charge in [0, 0.05) is 12.8 Å². The average Bonchev–Trinajstić information content (AvgIpc) is 3.75. The second-order valence-corrected chi connectivity index (χ2v) is 15.1. The zero-order valence-corrected chi connectivity index (χ0v) is 34.6. The predicted molar refractivity (Wildman–Crippen MR) is 239 cm³/mol. The number of nitrogens with one attached hydrogen (secondary N) is 2. The van der Waals surface area contributed by atoms with Gasteiger partial charge in [0.2, 0.25) is 5.95 Å². The minimum absolute atomic E-state index is 0.0775. The van der Waals surface area contributed by atoms with Gasteiger partial charge < -0.3 is 24.3 Å². The molecular formula is C51H48FN5O5. The second-order valence-electron chi connectivity index (χ2n) is 15.1. The van der Waals surface area contributed by atoms with Crippen LogP contribution in [0.2, 0.25) is 0 Å². The first kappa shape index (κ1) is 41.6. The van der Waals surface area contributed by atoms with Crippen LogP contribution in [0.15, 0.2) is 181 Å². The first-order valence-corrected chi connectivity index (χ1v) is 20.5. The zero-order chi connectivity index (χ0) is 42.8. The smallest absolute Gasteiger partial charge is 0.280 e. The Morgan fingerprint density at radius 3 is 1.63 bits per heavy atom. The molecule has 0 aliphatic rings. The topological polar surface area (TPSA) is 113 Å². The number of hydrogen-bond acceptors (Lipinski definition) is 8. The summed E-state index contributed by atoms with van der Waals surface area (Å²) in [6, 6.07) is 55.8. The highest BCUT2D eigenvalue weighted by Crippen LogP contribution is 2.39. The van der Waals surface area contributed by atoms with Crippen LogP contribution >= 0.6 is 0 Å². The van der Waals surface area contributed by atoms with Crippen molar-refractivity contribution in [2.75, 3.05) is 32.8 Å². The van der Waals surface area contributed by atoms with E-state index in [1.165, 1.54) is 6.33 Å². The number of nitrogens with zero attached hydrogens (tertiary/aromatic N) is 3. The van der Waals surface area contributed by atoms with E-state index in [1.54, 1.807) is 18.8 Å². The molecule has 2 aromatic heterocycles. The molecule has 0 amide bonds. The van der Waals surface area contributed by atoms with E-state index in [1.807, 2.05) is 146 Å². The molecule has 0 bridgehead atoms. The number of fused-ring (bicyclic) bond motifs is 1. The number of benzene rings is 6. The number of aromatic nitrogens is 4. The SMILES string of the molecule is COc1ccc(CC(Nc2nc3c(ncn3COC(C[18F])COC(Cc3ccc(OC)cc3)(c3ccccc3)c3ccccc3)c(=O)[nH]2)(c2ccccc2)c2ccccc2)cc1. The maximum Gasteiger partial charge on any atom is 0.280 e. The Kier molecular flexibility index (Phi) is 12.8. The molecule has 2 N–H and O–H groups in total. The summed E-state index contributed by atoms with van der Waals surface area (Å²) in [5.74, 6) is 1.72. The highest BCUT2D eigenvalue weighted by molar-refractivity contribution is 5.71. The zero-order valence-electron chi connectivity index (χ0n) is 34.6. The van der Waals surface area contributed by atoms with Gasteiger partial charge in [0.25, 0.3) is 5.56 Å². The van der Waals surface area contributed by atoms with Gasteiger partial charge in [-0.05, 0) is 57.6 Å². The molecule has 0 aliphatic carbocycles. The summed E-state index contributed by atoms with van der Waals surface area (Å²) in [5, 5.41) is 3.66. The number of imidazole rings is 1. The van der Waals surface area contributed by atoms with E-state index in [0.717, 1.165) is 44.9 Å². The lowest BCUT2D eigenvalue weighted by Crippen LogP contribution is -2.40. The molecule has 8 rings (SSSR count). The summed E-state index contributed by atoms with van der Waals surface area (Å²) in [7, 11) is 3.28. The number of ether oxygens (including phenoxy) is 4. The quantitative estimate of drug-likeness (QED) is 0.0830. The Morgan fingerprint density at radius 1 is 0.661 bits per heavy atom. The normalized spacial score (nSPS) is 12.2. The van der Waals surface area contributed by atoms with Gasteiger partial charge in [0.05, 0.1) is 32.7 Å². The molecule has 8 aromatic rings. The number of aromatic amines is 1. The van der Waals surface area contributed by atoms with Gasteiger partial charge in [-0.25, -0.2) is 9.37 Å². The fourth-order valence-corrected chi connectivity index (χ4v) is 7.96. The summed E-state index contributed by atoms with van der Waals surface area (Å²) in [6.45, 7) is -1.04. The molecule has 6 aromatic carbocycles. The monoisotopic (exact) mass is 828 g/mol. The first-order chi connectivity index (χ1) is 30.4. The highest BCUT2D eigenvalue weighted by Gasteiger charge is 2.38. The molecule has 0 fully saturated rings. The van der Waals surface area contributed by atoms with Gasteiger partial charge in [-0.3, -0.25) is 14.3 Å². The van der Waals surface area contributed by atoms with Crippen LogP contribution in [0.4, 0.5) is 10.3 Å². The summed E-state index contributed by atoms with van der Waals surface area (Å²) in [5.41, 5.74) is 3.88. The minimum Gasteiger partial charge on any atom is -0.497 e. The van der Waals surface area contributed by atoms with Crippen LogP contribution in [0, 0.1) is 0 Å². The Labute approximate surface area is 360 Å². The van der Waals surface area contributed by atoms with Crippen LogP contribution in [0.1, 0.15) is 33.4 Å². The van der Waals surface area contributed by atoms with Crippen molar-refractivity contribution in [2.24, 2.45) is 0 Å². The number of halogens is 1. The Hall–Kier alpha value is -7.08. The van der Waals surface area contributed by atoms with Crippen LogP contribution in [-0.2, 0) is 40.2 Å². The summed E-state index contributed by atoms with van der Waals surface area (Å²) in [6.07, 6.45) is 1.47. The van der Waals surface area contributed by atoms with Gasteiger partial charge in [0.1, 0.15) is 36.6 Å². The fourth-order valence-electron chi connectivity index (χ4n) is 7.96. The van der Waals surface area contributed by atoms with Gasteiger partial charge in [0.15, 0.2) is 11.2 Å². The predicted octanol–water partition coefficient (Wildman–Crippen LogP) is 9.25.